The molecule has 6 heteroatoms. The minimum Gasteiger partial charge on any atom is -0.464 e. The van der Waals surface area contributed by atoms with E-state index >= 15 is 0 Å². The predicted octanol–water partition coefficient (Wildman–Crippen LogP) is 3.74. The van der Waals surface area contributed by atoms with Crippen molar-refractivity contribution in [3.05, 3.63) is 60.0 Å². The monoisotopic (exact) mass is 432 g/mol. The molecule has 0 saturated carbocycles. The summed E-state index contributed by atoms with van der Waals surface area (Å²) in [7, 11) is 0. The Bertz CT molecular complexity index is 1060. The molecule has 1 unspecified atom stereocenters. The Balaban J connectivity index is 1.14. The van der Waals surface area contributed by atoms with Crippen LogP contribution in [-0.4, -0.2) is 66.5 Å². The number of carbonyl (C=O) groups is 1. The Morgan fingerprint density at radius 3 is 2.81 bits per heavy atom. The molecule has 2 aliphatic rings. The lowest BCUT2D eigenvalue weighted by Crippen LogP contribution is -2.50. The molecule has 1 atom stereocenters. The van der Waals surface area contributed by atoms with E-state index < -0.39 is 0 Å². The highest BCUT2D eigenvalue weighted by atomic mass is 16.3. The molecular formula is C26H32N4O2. The van der Waals surface area contributed by atoms with E-state index in [-0.39, 0.29) is 5.91 Å². The summed E-state index contributed by atoms with van der Waals surface area (Å²) in [6.45, 7) is 9.01. The molecular weight excluding hydrogens is 400 g/mol. The van der Waals surface area contributed by atoms with Crippen LogP contribution in [0.25, 0.3) is 11.0 Å². The zero-order valence-electron chi connectivity index (χ0n) is 18.9. The first-order valence-corrected chi connectivity index (χ1v) is 11.8. The second kappa shape index (κ2) is 9.33. The number of hydrogen-bond donors (Lipinski definition) is 0. The summed E-state index contributed by atoms with van der Waals surface area (Å²) < 4.78 is 5.69. The van der Waals surface area contributed by atoms with E-state index in [1.807, 2.05) is 18.3 Å². The van der Waals surface area contributed by atoms with Crippen molar-refractivity contribution >= 4 is 22.7 Å². The average molecular weight is 433 g/mol. The van der Waals surface area contributed by atoms with Crippen molar-refractivity contribution in [1.29, 1.82) is 0 Å². The van der Waals surface area contributed by atoms with Crippen molar-refractivity contribution in [2.24, 2.45) is 5.92 Å². The van der Waals surface area contributed by atoms with Gasteiger partial charge in [-0.1, -0.05) is 18.2 Å². The zero-order chi connectivity index (χ0) is 21.9. The van der Waals surface area contributed by atoms with Gasteiger partial charge in [0.1, 0.15) is 11.4 Å². The molecule has 0 aliphatic carbocycles. The third kappa shape index (κ3) is 4.65. The lowest BCUT2D eigenvalue weighted by atomic mass is 9.96. The van der Waals surface area contributed by atoms with E-state index in [9.17, 15) is 4.79 Å². The highest BCUT2D eigenvalue weighted by molar-refractivity contribution is 5.88. The summed E-state index contributed by atoms with van der Waals surface area (Å²) in [4.78, 5) is 24.6. The molecule has 168 valence electrons. The van der Waals surface area contributed by atoms with Crippen LogP contribution in [0.4, 0.5) is 5.82 Å². The quantitative estimate of drug-likeness (QED) is 0.615. The van der Waals surface area contributed by atoms with E-state index in [0.29, 0.717) is 12.3 Å². The van der Waals surface area contributed by atoms with Crippen LogP contribution in [-0.2, 0) is 11.2 Å². The number of benzene rings is 1. The lowest BCUT2D eigenvalue weighted by molar-refractivity contribution is -0.132. The smallest absolute Gasteiger partial charge is 0.227 e. The van der Waals surface area contributed by atoms with Gasteiger partial charge in [0.2, 0.25) is 5.91 Å². The van der Waals surface area contributed by atoms with Gasteiger partial charge in [-0.3, -0.25) is 9.69 Å². The fraction of sp³-hybridized carbons (Fsp3) is 0.462. The molecule has 3 aromatic rings. The van der Waals surface area contributed by atoms with Crippen LogP contribution in [0.1, 0.15) is 24.0 Å². The summed E-state index contributed by atoms with van der Waals surface area (Å²) >= 11 is 0. The van der Waals surface area contributed by atoms with Crippen LogP contribution in [0.5, 0.6) is 0 Å². The Morgan fingerprint density at radius 1 is 1.12 bits per heavy atom. The largest absolute Gasteiger partial charge is 0.464 e. The molecule has 2 fully saturated rings. The number of anilines is 1. The minimum absolute atomic E-state index is 0.220. The second-order valence-corrected chi connectivity index (χ2v) is 9.26. The number of aryl methyl sites for hydroxylation is 1. The number of hydrogen-bond acceptors (Lipinski definition) is 5. The van der Waals surface area contributed by atoms with Crippen molar-refractivity contribution in [3.63, 3.8) is 0 Å². The maximum Gasteiger partial charge on any atom is 0.227 e. The Kier molecular flexibility index (Phi) is 6.12. The molecule has 2 aromatic heterocycles. The maximum absolute atomic E-state index is 13.1. The van der Waals surface area contributed by atoms with E-state index in [0.717, 1.165) is 74.6 Å². The number of piperidine rings is 1. The summed E-state index contributed by atoms with van der Waals surface area (Å²) in [6.07, 6.45) is 6.34. The number of rotatable bonds is 5. The molecule has 0 radical (unpaired) electrons. The maximum atomic E-state index is 13.1. The predicted molar refractivity (Wildman–Crippen MR) is 127 cm³/mol. The third-order valence-electron chi connectivity index (χ3n) is 6.89. The van der Waals surface area contributed by atoms with Crippen molar-refractivity contribution in [2.75, 3.05) is 50.7 Å². The van der Waals surface area contributed by atoms with Gasteiger partial charge in [-0.15, -0.1) is 0 Å². The van der Waals surface area contributed by atoms with E-state index in [4.69, 9.17) is 4.42 Å². The molecule has 6 nitrogen and oxygen atoms in total. The SMILES string of the molecule is Cc1ccc2c(CC(=O)N3CCCC(CN4CCN(c5ccccn5)CC4)C3)coc2c1. The second-order valence-electron chi connectivity index (χ2n) is 9.26. The van der Waals surface area contributed by atoms with Gasteiger partial charge in [0.25, 0.3) is 0 Å². The standard InChI is InChI=1S/C26H32N4O2/c1-20-7-8-23-22(19-32-24(23)15-20)16-26(31)30-10-4-5-21(18-30)17-28-11-13-29(14-12-28)25-6-2-3-9-27-25/h2-3,6-9,15,19,21H,4-5,10-14,16-18H2,1H3. The topological polar surface area (TPSA) is 52.8 Å². The van der Waals surface area contributed by atoms with Crippen molar-refractivity contribution in [1.82, 2.24) is 14.8 Å². The van der Waals surface area contributed by atoms with Crippen LogP contribution in [0.15, 0.2) is 53.3 Å². The van der Waals surface area contributed by atoms with Gasteiger partial charge in [-0.25, -0.2) is 4.98 Å². The van der Waals surface area contributed by atoms with E-state index in [1.165, 1.54) is 12.0 Å². The van der Waals surface area contributed by atoms with Gasteiger partial charge in [-0.05, 0) is 49.4 Å². The first kappa shape index (κ1) is 21.0. The Morgan fingerprint density at radius 2 is 2.00 bits per heavy atom. The van der Waals surface area contributed by atoms with Crippen LogP contribution in [0.3, 0.4) is 0 Å². The van der Waals surface area contributed by atoms with Crippen molar-refractivity contribution in [3.8, 4) is 0 Å². The molecule has 4 heterocycles. The fourth-order valence-corrected chi connectivity index (χ4v) is 5.11. The van der Waals surface area contributed by atoms with Gasteiger partial charge in [0, 0.05) is 63.0 Å². The molecule has 1 aromatic carbocycles. The zero-order valence-corrected chi connectivity index (χ0v) is 18.9. The van der Waals surface area contributed by atoms with Crippen LogP contribution >= 0.6 is 0 Å². The van der Waals surface area contributed by atoms with Crippen LogP contribution in [0.2, 0.25) is 0 Å². The minimum atomic E-state index is 0.220. The fourth-order valence-electron chi connectivity index (χ4n) is 5.11. The number of nitrogens with zero attached hydrogens (tertiary/aromatic N) is 4. The molecule has 32 heavy (non-hydrogen) atoms. The molecule has 0 N–H and O–H groups in total. The molecule has 0 bridgehead atoms. The third-order valence-corrected chi connectivity index (χ3v) is 6.89. The molecule has 0 spiro atoms. The number of carbonyl (C=O) groups excluding carboxylic acids is 1. The molecule has 2 aliphatic heterocycles. The first-order valence-electron chi connectivity index (χ1n) is 11.8. The highest BCUT2D eigenvalue weighted by Crippen LogP contribution is 2.25. The van der Waals surface area contributed by atoms with Gasteiger partial charge in [-0.2, -0.15) is 0 Å². The number of fused-ring (bicyclic) bond motifs is 1. The number of likely N-dealkylation sites (tertiary alicyclic amines) is 1. The van der Waals surface area contributed by atoms with Crippen LogP contribution < -0.4 is 4.90 Å². The van der Waals surface area contributed by atoms with Gasteiger partial charge in [0.05, 0.1) is 12.7 Å². The summed E-state index contributed by atoms with van der Waals surface area (Å²) in [5.41, 5.74) is 3.04. The lowest BCUT2D eigenvalue weighted by Gasteiger charge is -2.39. The Hall–Kier alpha value is -2.86. The molecule has 1 amide bonds. The average Bonchev–Trinajstić information content (AvgIpc) is 3.22. The van der Waals surface area contributed by atoms with Crippen LogP contribution in [0, 0.1) is 12.8 Å². The number of aromatic nitrogens is 1. The summed E-state index contributed by atoms with van der Waals surface area (Å²) in [6, 6.07) is 12.3. The van der Waals surface area contributed by atoms with E-state index in [1.54, 1.807) is 6.26 Å². The number of pyridine rings is 1. The van der Waals surface area contributed by atoms with E-state index in [2.05, 4.69) is 50.9 Å². The van der Waals surface area contributed by atoms with Gasteiger partial charge < -0.3 is 14.2 Å². The number of furan rings is 1. The van der Waals surface area contributed by atoms with Crippen molar-refractivity contribution < 1.29 is 9.21 Å². The normalized spacial score (nSPS) is 20.1. The van der Waals surface area contributed by atoms with Gasteiger partial charge in [0.15, 0.2) is 0 Å². The Labute approximate surface area is 189 Å². The summed E-state index contributed by atoms with van der Waals surface area (Å²) in [5.74, 6) is 1.85. The van der Waals surface area contributed by atoms with Crippen molar-refractivity contribution in [2.45, 2.75) is 26.2 Å². The number of amides is 1. The molecule has 5 rings (SSSR count). The summed E-state index contributed by atoms with van der Waals surface area (Å²) in [5, 5.41) is 1.06. The number of piperazine rings is 1. The van der Waals surface area contributed by atoms with Gasteiger partial charge >= 0.3 is 0 Å². The molecule has 2 saturated heterocycles. The highest BCUT2D eigenvalue weighted by Gasteiger charge is 2.27. The first-order chi connectivity index (χ1) is 15.7.